The second kappa shape index (κ2) is 4.10. The summed E-state index contributed by atoms with van der Waals surface area (Å²) in [5, 5.41) is 3.49. The number of imidazole rings is 1. The van der Waals surface area contributed by atoms with Crippen molar-refractivity contribution in [3.63, 3.8) is 0 Å². The molecule has 3 nitrogen and oxygen atoms in total. The van der Waals surface area contributed by atoms with Gasteiger partial charge in [0.2, 0.25) is 5.95 Å². The van der Waals surface area contributed by atoms with E-state index in [-0.39, 0.29) is 0 Å². The molecule has 0 spiro atoms. The van der Waals surface area contributed by atoms with Crippen LogP contribution in [-0.2, 0) is 6.42 Å². The molecular weight excluding hydrogens is 258 g/mol. The summed E-state index contributed by atoms with van der Waals surface area (Å²) < 4.78 is 0. The zero-order chi connectivity index (χ0) is 13.8. The third-order valence-electron chi connectivity index (χ3n) is 5.10. The number of nitrogens with one attached hydrogen (secondary N) is 2. The van der Waals surface area contributed by atoms with Crippen molar-refractivity contribution in [3.05, 3.63) is 59.7 Å². The molecule has 1 saturated carbocycles. The number of hydrogen-bond acceptors (Lipinski definition) is 2. The maximum atomic E-state index is 4.58. The number of H-pyrrole nitrogens is 1. The smallest absolute Gasteiger partial charge is 0.201 e. The number of aromatic amines is 1. The van der Waals surface area contributed by atoms with Crippen molar-refractivity contribution in [1.82, 2.24) is 9.97 Å². The summed E-state index contributed by atoms with van der Waals surface area (Å²) in [6.07, 6.45) is 1.26. The normalized spacial score (nSPS) is 25.6. The van der Waals surface area contributed by atoms with Crippen LogP contribution in [0.25, 0.3) is 11.0 Å². The lowest BCUT2D eigenvalue weighted by atomic mass is 10.0. The third kappa shape index (κ3) is 1.70. The van der Waals surface area contributed by atoms with Crippen LogP contribution in [0.5, 0.6) is 0 Å². The fourth-order valence-corrected chi connectivity index (χ4v) is 4.01. The van der Waals surface area contributed by atoms with E-state index in [1.54, 1.807) is 11.1 Å². The van der Waals surface area contributed by atoms with Gasteiger partial charge in [0.15, 0.2) is 0 Å². The molecule has 21 heavy (non-hydrogen) atoms. The molecule has 2 aliphatic carbocycles. The zero-order valence-corrected chi connectivity index (χ0v) is 11.7. The minimum atomic E-state index is 0.771. The van der Waals surface area contributed by atoms with E-state index in [0.29, 0.717) is 0 Å². The molecule has 0 bridgehead atoms. The molecule has 2 N–H and O–H groups in total. The number of hydrogen-bond donors (Lipinski definition) is 2. The maximum absolute atomic E-state index is 4.58. The van der Waals surface area contributed by atoms with E-state index < -0.39 is 0 Å². The van der Waals surface area contributed by atoms with Gasteiger partial charge in [-0.05, 0) is 47.4 Å². The van der Waals surface area contributed by atoms with Gasteiger partial charge in [-0.3, -0.25) is 0 Å². The largest absolute Gasteiger partial charge is 0.355 e. The highest BCUT2D eigenvalue weighted by Crippen LogP contribution is 2.61. The van der Waals surface area contributed by atoms with Crippen molar-refractivity contribution in [1.29, 1.82) is 0 Å². The highest BCUT2D eigenvalue weighted by atomic mass is 15.1. The zero-order valence-electron chi connectivity index (χ0n) is 11.7. The minimum Gasteiger partial charge on any atom is -0.355 e. The number of rotatable bonds is 3. The van der Waals surface area contributed by atoms with Crippen LogP contribution in [0, 0.1) is 11.8 Å². The first-order valence-corrected chi connectivity index (χ1v) is 7.66. The van der Waals surface area contributed by atoms with Crippen molar-refractivity contribution in [2.75, 3.05) is 11.9 Å². The van der Waals surface area contributed by atoms with Crippen molar-refractivity contribution < 1.29 is 0 Å². The maximum Gasteiger partial charge on any atom is 0.201 e. The number of benzene rings is 2. The summed E-state index contributed by atoms with van der Waals surface area (Å²) in [7, 11) is 0. The molecule has 1 heterocycles. The Hall–Kier alpha value is -2.29. The first-order valence-electron chi connectivity index (χ1n) is 7.66. The van der Waals surface area contributed by atoms with Crippen molar-refractivity contribution in [2.45, 2.75) is 12.3 Å². The van der Waals surface area contributed by atoms with E-state index >= 15 is 0 Å². The Bertz CT molecular complexity index is 787. The van der Waals surface area contributed by atoms with Crippen LogP contribution < -0.4 is 5.32 Å². The SMILES string of the molecule is c1ccc2c(c1)CC1C(CNc3nc4ccccc4[nH]3)C21. The molecule has 3 aromatic rings. The second-order valence-electron chi connectivity index (χ2n) is 6.24. The number of aromatic nitrogens is 2. The van der Waals surface area contributed by atoms with Crippen LogP contribution in [0.15, 0.2) is 48.5 Å². The van der Waals surface area contributed by atoms with Gasteiger partial charge in [0.1, 0.15) is 0 Å². The number of anilines is 1. The van der Waals surface area contributed by atoms with Gasteiger partial charge in [-0.25, -0.2) is 4.98 Å². The summed E-state index contributed by atoms with van der Waals surface area (Å²) in [5.74, 6) is 3.29. The molecule has 2 aliphatic rings. The summed E-state index contributed by atoms with van der Waals surface area (Å²) in [4.78, 5) is 7.93. The minimum absolute atomic E-state index is 0.771. The first-order chi connectivity index (χ1) is 10.4. The third-order valence-corrected chi connectivity index (χ3v) is 5.10. The van der Waals surface area contributed by atoms with Crippen molar-refractivity contribution >= 4 is 17.0 Å². The van der Waals surface area contributed by atoms with E-state index in [9.17, 15) is 0 Å². The molecule has 1 aromatic heterocycles. The quantitative estimate of drug-likeness (QED) is 0.767. The Kier molecular flexibility index (Phi) is 2.22. The first kappa shape index (κ1) is 11.4. The fourth-order valence-electron chi connectivity index (χ4n) is 4.01. The van der Waals surface area contributed by atoms with Crippen LogP contribution in [0.3, 0.4) is 0 Å². The van der Waals surface area contributed by atoms with E-state index in [2.05, 4.69) is 45.6 Å². The molecule has 104 valence electrons. The van der Waals surface area contributed by atoms with Crippen LogP contribution in [0.4, 0.5) is 5.95 Å². The predicted molar refractivity (Wildman–Crippen MR) is 84.5 cm³/mol. The van der Waals surface area contributed by atoms with Gasteiger partial charge in [0.25, 0.3) is 0 Å². The second-order valence-corrected chi connectivity index (χ2v) is 6.24. The molecule has 5 rings (SSSR count). The molecular formula is C18H17N3. The van der Waals surface area contributed by atoms with Crippen LogP contribution in [0.1, 0.15) is 17.0 Å². The van der Waals surface area contributed by atoms with Gasteiger partial charge in [0, 0.05) is 6.54 Å². The standard InChI is InChI=1S/C18H17N3/c1-2-6-12-11(5-1)9-13-14(17(12)13)10-19-18-20-15-7-3-4-8-16(15)21-18/h1-8,13-14,17H,9-10H2,(H2,19,20,21). The van der Waals surface area contributed by atoms with Crippen molar-refractivity contribution in [2.24, 2.45) is 11.8 Å². The number of nitrogens with zero attached hydrogens (tertiary/aromatic N) is 1. The van der Waals surface area contributed by atoms with Gasteiger partial charge in [0.05, 0.1) is 11.0 Å². The molecule has 3 heteroatoms. The Morgan fingerprint density at radius 2 is 1.95 bits per heavy atom. The summed E-state index contributed by atoms with van der Waals surface area (Å²) in [5.41, 5.74) is 5.27. The highest BCUT2D eigenvalue weighted by molar-refractivity contribution is 5.77. The van der Waals surface area contributed by atoms with E-state index in [0.717, 1.165) is 41.3 Å². The van der Waals surface area contributed by atoms with Gasteiger partial charge in [-0.1, -0.05) is 36.4 Å². The Labute approximate surface area is 123 Å². The summed E-state index contributed by atoms with van der Waals surface area (Å²) >= 11 is 0. The Morgan fingerprint density at radius 1 is 1.10 bits per heavy atom. The van der Waals surface area contributed by atoms with Gasteiger partial charge in [-0.2, -0.15) is 0 Å². The Balaban J connectivity index is 1.31. The lowest BCUT2D eigenvalue weighted by molar-refractivity contribution is 0.717. The fraction of sp³-hybridized carbons (Fsp3) is 0.278. The lowest BCUT2D eigenvalue weighted by Gasteiger charge is -2.07. The van der Waals surface area contributed by atoms with Gasteiger partial charge < -0.3 is 10.3 Å². The van der Waals surface area contributed by atoms with E-state index in [1.165, 1.54) is 6.42 Å². The van der Waals surface area contributed by atoms with E-state index in [4.69, 9.17) is 0 Å². The number of para-hydroxylation sites is 2. The molecule has 0 amide bonds. The van der Waals surface area contributed by atoms with Crippen molar-refractivity contribution in [3.8, 4) is 0 Å². The van der Waals surface area contributed by atoms with Gasteiger partial charge in [-0.15, -0.1) is 0 Å². The molecule has 3 unspecified atom stereocenters. The molecule has 1 fully saturated rings. The average Bonchev–Trinajstić information content (AvgIpc) is 2.88. The predicted octanol–water partition coefficient (Wildman–Crippen LogP) is 3.56. The van der Waals surface area contributed by atoms with Crippen LogP contribution >= 0.6 is 0 Å². The van der Waals surface area contributed by atoms with E-state index in [1.807, 2.05) is 18.2 Å². The Morgan fingerprint density at radius 3 is 2.90 bits per heavy atom. The molecule has 0 aliphatic heterocycles. The summed E-state index contributed by atoms with van der Waals surface area (Å²) in [6.45, 7) is 1.02. The average molecular weight is 275 g/mol. The monoisotopic (exact) mass is 275 g/mol. The molecule has 2 aromatic carbocycles. The number of fused-ring (bicyclic) bond motifs is 4. The van der Waals surface area contributed by atoms with Gasteiger partial charge >= 0.3 is 0 Å². The highest BCUT2D eigenvalue weighted by Gasteiger charge is 2.54. The molecule has 0 radical (unpaired) electrons. The molecule has 0 saturated heterocycles. The molecule has 3 atom stereocenters. The topological polar surface area (TPSA) is 40.7 Å². The lowest BCUT2D eigenvalue weighted by Crippen LogP contribution is -2.09. The summed E-state index contributed by atoms with van der Waals surface area (Å²) in [6, 6.07) is 17.1. The van der Waals surface area contributed by atoms with Crippen LogP contribution in [0.2, 0.25) is 0 Å². The van der Waals surface area contributed by atoms with Crippen LogP contribution in [-0.4, -0.2) is 16.5 Å².